The molecule has 0 unspecified atom stereocenters. The van der Waals surface area contributed by atoms with Crippen molar-refractivity contribution in [2.45, 2.75) is 6.92 Å². The number of carbonyl (C=O) groups is 3. The highest BCUT2D eigenvalue weighted by Crippen LogP contribution is 2.36. The SMILES string of the molecule is COC(=O)C1=C(C)N(c2ccc(C(=O)OC)cc2)C(=O)/C1=C\c1ccc(Cl)c(Cl)c1. The fourth-order valence-corrected chi connectivity index (χ4v) is 3.43. The number of rotatable bonds is 4. The molecule has 6 nitrogen and oxygen atoms in total. The molecule has 0 saturated carbocycles. The summed E-state index contributed by atoms with van der Waals surface area (Å²) in [5.41, 5.74) is 2.15. The second kappa shape index (κ2) is 8.73. The van der Waals surface area contributed by atoms with Crippen molar-refractivity contribution >= 4 is 52.8 Å². The summed E-state index contributed by atoms with van der Waals surface area (Å²) in [4.78, 5) is 38.7. The molecule has 0 bridgehead atoms. The van der Waals surface area contributed by atoms with Gasteiger partial charge in [0.25, 0.3) is 5.91 Å². The minimum absolute atomic E-state index is 0.144. The van der Waals surface area contributed by atoms with Crippen molar-refractivity contribution in [2.75, 3.05) is 19.1 Å². The van der Waals surface area contributed by atoms with E-state index in [2.05, 4.69) is 4.74 Å². The number of anilines is 1. The summed E-state index contributed by atoms with van der Waals surface area (Å²) in [5, 5.41) is 0.704. The van der Waals surface area contributed by atoms with Crippen molar-refractivity contribution in [3.05, 3.63) is 80.5 Å². The number of allylic oxidation sites excluding steroid dienone is 1. The molecule has 2 aromatic carbocycles. The summed E-state index contributed by atoms with van der Waals surface area (Å²) in [6.07, 6.45) is 1.56. The molecule has 1 aliphatic rings. The van der Waals surface area contributed by atoms with Gasteiger partial charge in [-0.25, -0.2) is 9.59 Å². The van der Waals surface area contributed by atoms with Crippen LogP contribution in [0.2, 0.25) is 10.0 Å². The van der Waals surface area contributed by atoms with Gasteiger partial charge in [0, 0.05) is 11.4 Å². The third-order valence-corrected chi connectivity index (χ3v) is 5.33. The van der Waals surface area contributed by atoms with Gasteiger partial charge in [0.15, 0.2) is 0 Å². The number of amides is 1. The summed E-state index contributed by atoms with van der Waals surface area (Å²) < 4.78 is 9.58. The third-order valence-electron chi connectivity index (χ3n) is 4.59. The van der Waals surface area contributed by atoms with Crippen LogP contribution in [0, 0.1) is 0 Å². The monoisotopic (exact) mass is 445 g/mol. The highest BCUT2D eigenvalue weighted by Gasteiger charge is 2.38. The molecule has 8 heteroatoms. The van der Waals surface area contributed by atoms with Crippen molar-refractivity contribution in [2.24, 2.45) is 0 Å². The number of ether oxygens (including phenoxy) is 2. The van der Waals surface area contributed by atoms with Crippen molar-refractivity contribution in [3.8, 4) is 0 Å². The number of hydrogen-bond donors (Lipinski definition) is 0. The number of carbonyl (C=O) groups excluding carboxylic acids is 3. The lowest BCUT2D eigenvalue weighted by Crippen LogP contribution is -2.24. The fraction of sp³-hybridized carbons (Fsp3) is 0.136. The molecule has 1 heterocycles. The molecule has 0 aromatic heterocycles. The largest absolute Gasteiger partial charge is 0.465 e. The number of halogens is 2. The van der Waals surface area contributed by atoms with E-state index in [9.17, 15) is 14.4 Å². The predicted molar refractivity (Wildman–Crippen MR) is 114 cm³/mol. The zero-order valence-corrected chi connectivity index (χ0v) is 17.9. The van der Waals surface area contributed by atoms with Crippen LogP contribution in [-0.4, -0.2) is 32.1 Å². The van der Waals surface area contributed by atoms with Gasteiger partial charge in [0.05, 0.1) is 41.0 Å². The van der Waals surface area contributed by atoms with Gasteiger partial charge in [-0.05, 0) is 55.0 Å². The number of esters is 2. The molecular formula is C22H17Cl2NO5. The van der Waals surface area contributed by atoms with E-state index in [0.717, 1.165) is 0 Å². The zero-order valence-electron chi connectivity index (χ0n) is 16.4. The van der Waals surface area contributed by atoms with Crippen LogP contribution in [0.25, 0.3) is 6.08 Å². The average Bonchev–Trinajstić information content (AvgIpc) is 2.99. The van der Waals surface area contributed by atoms with Crippen molar-refractivity contribution in [1.82, 2.24) is 0 Å². The third kappa shape index (κ3) is 3.97. The average molecular weight is 446 g/mol. The maximum absolute atomic E-state index is 13.2. The molecule has 30 heavy (non-hydrogen) atoms. The molecule has 154 valence electrons. The Morgan fingerprint density at radius 3 is 2.13 bits per heavy atom. The Morgan fingerprint density at radius 2 is 1.57 bits per heavy atom. The van der Waals surface area contributed by atoms with Crippen LogP contribution in [0.3, 0.4) is 0 Å². The van der Waals surface area contributed by atoms with Crippen LogP contribution >= 0.6 is 23.2 Å². The van der Waals surface area contributed by atoms with E-state index < -0.39 is 17.8 Å². The number of benzene rings is 2. The quantitative estimate of drug-likeness (QED) is 0.505. The molecular weight excluding hydrogens is 429 g/mol. The molecule has 1 aliphatic heterocycles. The Balaban J connectivity index is 2.08. The molecule has 3 rings (SSSR count). The van der Waals surface area contributed by atoms with Gasteiger partial charge < -0.3 is 9.47 Å². The molecule has 0 spiro atoms. The first-order chi connectivity index (χ1) is 14.3. The lowest BCUT2D eigenvalue weighted by Gasteiger charge is -2.18. The Labute approximate surface area is 183 Å². The summed E-state index contributed by atoms with van der Waals surface area (Å²) in [6, 6.07) is 11.2. The second-order valence-electron chi connectivity index (χ2n) is 6.36. The minimum atomic E-state index is -0.638. The summed E-state index contributed by atoms with van der Waals surface area (Å²) in [7, 11) is 2.54. The smallest absolute Gasteiger partial charge is 0.340 e. The van der Waals surface area contributed by atoms with Crippen molar-refractivity contribution < 1.29 is 23.9 Å². The van der Waals surface area contributed by atoms with Gasteiger partial charge in [0.1, 0.15) is 0 Å². The lowest BCUT2D eigenvalue weighted by atomic mass is 10.0. The predicted octanol–water partition coefficient (Wildman–Crippen LogP) is 4.66. The van der Waals surface area contributed by atoms with Crippen LogP contribution in [0.5, 0.6) is 0 Å². The Bertz CT molecular complexity index is 1100. The van der Waals surface area contributed by atoms with Crippen LogP contribution in [-0.2, 0) is 19.1 Å². The van der Waals surface area contributed by atoms with Gasteiger partial charge in [-0.1, -0.05) is 29.3 Å². The molecule has 1 amide bonds. The van der Waals surface area contributed by atoms with Crippen LogP contribution in [0.15, 0.2) is 59.3 Å². The van der Waals surface area contributed by atoms with E-state index in [0.29, 0.717) is 32.6 Å². The number of hydrogen-bond acceptors (Lipinski definition) is 5. The van der Waals surface area contributed by atoms with E-state index >= 15 is 0 Å². The highest BCUT2D eigenvalue weighted by atomic mass is 35.5. The maximum atomic E-state index is 13.2. The van der Waals surface area contributed by atoms with E-state index in [1.54, 1.807) is 55.5 Å². The molecule has 0 atom stereocenters. The fourth-order valence-electron chi connectivity index (χ4n) is 3.12. The van der Waals surface area contributed by atoms with E-state index in [1.165, 1.54) is 19.1 Å². The van der Waals surface area contributed by atoms with Gasteiger partial charge >= 0.3 is 11.9 Å². The summed E-state index contributed by atoms with van der Waals surface area (Å²) >= 11 is 12.0. The van der Waals surface area contributed by atoms with Crippen LogP contribution < -0.4 is 4.90 Å². The minimum Gasteiger partial charge on any atom is -0.465 e. The number of methoxy groups -OCH3 is 2. The highest BCUT2D eigenvalue weighted by molar-refractivity contribution is 6.42. The first-order valence-corrected chi connectivity index (χ1v) is 9.53. The molecule has 0 saturated heterocycles. The molecule has 0 fully saturated rings. The molecule has 0 radical (unpaired) electrons. The molecule has 2 aromatic rings. The van der Waals surface area contributed by atoms with Crippen molar-refractivity contribution in [3.63, 3.8) is 0 Å². The summed E-state index contributed by atoms with van der Waals surface area (Å²) in [6.45, 7) is 1.65. The first-order valence-electron chi connectivity index (χ1n) is 8.77. The van der Waals surface area contributed by atoms with Gasteiger partial charge in [0.2, 0.25) is 0 Å². The normalized spacial score (nSPS) is 15.0. The first kappa shape index (κ1) is 21.6. The second-order valence-corrected chi connectivity index (χ2v) is 7.18. The lowest BCUT2D eigenvalue weighted by molar-refractivity contribution is -0.136. The standard InChI is InChI=1S/C22H17Cl2NO5/c1-12-19(22(28)30-3)16(10-13-4-9-17(23)18(24)11-13)20(26)25(12)15-7-5-14(6-8-15)21(27)29-2/h4-11H,1-3H3/b16-10-. The number of nitrogens with zero attached hydrogens (tertiary/aromatic N) is 1. The van der Waals surface area contributed by atoms with Crippen LogP contribution in [0.4, 0.5) is 5.69 Å². The van der Waals surface area contributed by atoms with Crippen molar-refractivity contribution in [1.29, 1.82) is 0 Å². The van der Waals surface area contributed by atoms with Crippen LogP contribution in [0.1, 0.15) is 22.8 Å². The zero-order chi connectivity index (χ0) is 22.0. The van der Waals surface area contributed by atoms with E-state index in [-0.39, 0.29) is 11.1 Å². The molecule has 0 N–H and O–H groups in total. The molecule has 0 aliphatic carbocycles. The Kier molecular flexibility index (Phi) is 6.29. The summed E-state index contributed by atoms with van der Waals surface area (Å²) in [5.74, 6) is -1.54. The Hall–Kier alpha value is -3.09. The Morgan fingerprint density at radius 1 is 0.933 bits per heavy atom. The van der Waals surface area contributed by atoms with E-state index in [4.69, 9.17) is 27.9 Å². The maximum Gasteiger partial charge on any atom is 0.340 e. The van der Waals surface area contributed by atoms with Gasteiger partial charge in [-0.2, -0.15) is 0 Å². The van der Waals surface area contributed by atoms with E-state index in [1.807, 2.05) is 0 Å². The topological polar surface area (TPSA) is 72.9 Å². The van der Waals surface area contributed by atoms with Gasteiger partial charge in [-0.15, -0.1) is 0 Å². The van der Waals surface area contributed by atoms with Gasteiger partial charge in [-0.3, -0.25) is 9.69 Å².